The van der Waals surface area contributed by atoms with Gasteiger partial charge in [-0.3, -0.25) is 4.79 Å². The Morgan fingerprint density at radius 3 is 2.22 bits per heavy atom. The number of hydrogen-bond donors (Lipinski definition) is 1. The molecule has 2 aromatic rings. The molecule has 4 atom stereocenters. The van der Waals surface area contributed by atoms with Crippen LogP contribution in [0.3, 0.4) is 0 Å². The van der Waals surface area contributed by atoms with Crippen LogP contribution in [-0.4, -0.2) is 5.78 Å². The molecule has 23 heavy (non-hydrogen) atoms. The third kappa shape index (κ3) is 2.33. The molecule has 118 valence electrons. The molecule has 1 aliphatic heterocycles. The summed E-state index contributed by atoms with van der Waals surface area (Å²) in [5.74, 6) is 0.557. The van der Waals surface area contributed by atoms with Crippen molar-refractivity contribution in [2.24, 2.45) is 11.3 Å². The molecule has 2 bridgehead atoms. The third-order valence-corrected chi connectivity index (χ3v) is 5.79. The van der Waals surface area contributed by atoms with Crippen LogP contribution in [0.1, 0.15) is 49.4 Å². The highest BCUT2D eigenvalue weighted by Gasteiger charge is 2.53. The van der Waals surface area contributed by atoms with Crippen LogP contribution < -0.4 is 5.32 Å². The predicted octanol–water partition coefficient (Wildman–Crippen LogP) is 4.45. The van der Waals surface area contributed by atoms with Gasteiger partial charge in [0.05, 0.1) is 0 Å². The number of ketones is 1. The zero-order valence-corrected chi connectivity index (χ0v) is 13.5. The molecule has 2 aromatic carbocycles. The average molecular weight is 305 g/mol. The van der Waals surface area contributed by atoms with Gasteiger partial charge in [-0.05, 0) is 24.0 Å². The van der Waals surface area contributed by atoms with Crippen molar-refractivity contribution in [2.75, 3.05) is 0 Å². The summed E-state index contributed by atoms with van der Waals surface area (Å²) >= 11 is 0. The minimum absolute atomic E-state index is 0.0953. The molecule has 2 nitrogen and oxygen atoms in total. The molecule has 4 rings (SSSR count). The minimum atomic E-state index is -0.282. The first-order chi connectivity index (χ1) is 11.2. The second kappa shape index (κ2) is 5.61. The van der Waals surface area contributed by atoms with Crippen molar-refractivity contribution in [1.82, 2.24) is 5.32 Å². The predicted molar refractivity (Wildman–Crippen MR) is 92.0 cm³/mol. The molecule has 2 aliphatic rings. The fourth-order valence-corrected chi connectivity index (χ4v) is 4.55. The first-order valence-electron chi connectivity index (χ1n) is 8.60. The van der Waals surface area contributed by atoms with Gasteiger partial charge in [0.25, 0.3) is 0 Å². The standard InChI is InChI=1S/C21H23NO/c1-21-14-8-13-17(20(21)23)18(15-9-4-2-5-10-15)22-19(21)16-11-6-3-7-12-16/h2-7,9-12,17-19,22H,8,13-14H2,1H3/t17-,18+,19-,21+/m1/s1. The summed E-state index contributed by atoms with van der Waals surface area (Å²) in [5.41, 5.74) is 2.18. The maximum Gasteiger partial charge on any atom is 0.145 e. The quantitative estimate of drug-likeness (QED) is 0.888. The Hall–Kier alpha value is -1.93. The van der Waals surface area contributed by atoms with Gasteiger partial charge in [0.15, 0.2) is 0 Å². The molecule has 1 saturated heterocycles. The van der Waals surface area contributed by atoms with Crippen molar-refractivity contribution in [2.45, 2.75) is 38.3 Å². The zero-order chi connectivity index (χ0) is 15.9. The van der Waals surface area contributed by atoms with Gasteiger partial charge in [0.1, 0.15) is 5.78 Å². The van der Waals surface area contributed by atoms with Crippen molar-refractivity contribution >= 4 is 5.78 Å². The van der Waals surface area contributed by atoms with Gasteiger partial charge in [-0.2, -0.15) is 0 Å². The van der Waals surface area contributed by atoms with Crippen LogP contribution in [0.4, 0.5) is 0 Å². The van der Waals surface area contributed by atoms with Crippen LogP contribution in [0.2, 0.25) is 0 Å². The van der Waals surface area contributed by atoms with Gasteiger partial charge < -0.3 is 5.32 Å². The van der Waals surface area contributed by atoms with E-state index in [9.17, 15) is 4.79 Å². The number of carbonyl (C=O) groups excluding carboxylic acids is 1. The average Bonchev–Trinajstić information content (AvgIpc) is 2.59. The van der Waals surface area contributed by atoms with E-state index >= 15 is 0 Å². The van der Waals surface area contributed by atoms with Crippen molar-refractivity contribution in [3.63, 3.8) is 0 Å². The van der Waals surface area contributed by atoms with Gasteiger partial charge in [-0.15, -0.1) is 0 Å². The fourth-order valence-electron chi connectivity index (χ4n) is 4.55. The first-order valence-corrected chi connectivity index (χ1v) is 8.60. The van der Waals surface area contributed by atoms with Crippen LogP contribution in [-0.2, 0) is 4.79 Å². The van der Waals surface area contributed by atoms with Gasteiger partial charge >= 0.3 is 0 Å². The summed E-state index contributed by atoms with van der Waals surface area (Å²) in [6.07, 6.45) is 3.13. The van der Waals surface area contributed by atoms with Crippen molar-refractivity contribution in [3.8, 4) is 0 Å². The lowest BCUT2D eigenvalue weighted by Crippen LogP contribution is -2.56. The Labute approximate surface area is 137 Å². The molecule has 0 spiro atoms. The summed E-state index contributed by atoms with van der Waals surface area (Å²) in [7, 11) is 0. The van der Waals surface area contributed by atoms with E-state index < -0.39 is 0 Å². The maximum absolute atomic E-state index is 13.3. The normalized spacial score (nSPS) is 33.4. The number of piperidine rings is 1. The number of rotatable bonds is 2. The molecule has 1 heterocycles. The van der Waals surface area contributed by atoms with Gasteiger partial charge in [0.2, 0.25) is 0 Å². The molecule has 0 unspecified atom stereocenters. The van der Waals surface area contributed by atoms with Crippen molar-refractivity contribution in [1.29, 1.82) is 0 Å². The minimum Gasteiger partial charge on any atom is -0.301 e. The fraction of sp³-hybridized carbons (Fsp3) is 0.381. The highest BCUT2D eigenvalue weighted by Crippen LogP contribution is 2.52. The number of carbonyl (C=O) groups is 1. The Morgan fingerprint density at radius 2 is 1.57 bits per heavy atom. The molecular weight excluding hydrogens is 282 g/mol. The number of Topliss-reactive ketones (excluding diaryl/α,β-unsaturated/α-hetero) is 1. The van der Waals surface area contributed by atoms with Gasteiger partial charge in [-0.25, -0.2) is 0 Å². The van der Waals surface area contributed by atoms with E-state index in [1.807, 2.05) is 12.1 Å². The maximum atomic E-state index is 13.3. The summed E-state index contributed by atoms with van der Waals surface area (Å²) < 4.78 is 0. The monoisotopic (exact) mass is 305 g/mol. The molecule has 0 aromatic heterocycles. The van der Waals surface area contributed by atoms with Crippen molar-refractivity contribution in [3.05, 3.63) is 71.8 Å². The summed E-state index contributed by atoms with van der Waals surface area (Å²) in [6.45, 7) is 2.16. The van der Waals surface area contributed by atoms with E-state index in [-0.39, 0.29) is 23.4 Å². The lowest BCUT2D eigenvalue weighted by molar-refractivity contribution is -0.144. The van der Waals surface area contributed by atoms with E-state index in [1.165, 1.54) is 11.1 Å². The summed E-state index contributed by atoms with van der Waals surface area (Å²) in [5, 5.41) is 3.84. The van der Waals surface area contributed by atoms with Crippen LogP contribution in [0.25, 0.3) is 0 Å². The van der Waals surface area contributed by atoms with E-state index in [0.29, 0.717) is 5.78 Å². The lowest BCUT2D eigenvalue weighted by Gasteiger charge is -2.51. The van der Waals surface area contributed by atoms with Crippen LogP contribution in [0, 0.1) is 11.3 Å². The van der Waals surface area contributed by atoms with Gasteiger partial charge in [0, 0.05) is 23.4 Å². The van der Waals surface area contributed by atoms with E-state index in [1.54, 1.807) is 0 Å². The van der Waals surface area contributed by atoms with E-state index in [0.717, 1.165) is 19.3 Å². The SMILES string of the molecule is C[C@@]12CCC[C@@H](C1=O)[C@H](c1ccccc1)N[C@@H]2c1ccccc1. The number of hydrogen-bond acceptors (Lipinski definition) is 2. The third-order valence-electron chi connectivity index (χ3n) is 5.79. The topological polar surface area (TPSA) is 29.1 Å². The van der Waals surface area contributed by atoms with Crippen LogP contribution in [0.5, 0.6) is 0 Å². The summed E-state index contributed by atoms with van der Waals surface area (Å²) in [6, 6.07) is 21.1. The molecule has 2 heteroatoms. The molecule has 1 saturated carbocycles. The van der Waals surface area contributed by atoms with Gasteiger partial charge in [-0.1, -0.05) is 74.0 Å². The summed E-state index contributed by atoms with van der Waals surface area (Å²) in [4.78, 5) is 13.3. The largest absolute Gasteiger partial charge is 0.301 e. The Morgan fingerprint density at radius 1 is 0.957 bits per heavy atom. The number of nitrogens with one attached hydrogen (secondary N) is 1. The second-order valence-electron chi connectivity index (χ2n) is 7.18. The lowest BCUT2D eigenvalue weighted by atomic mass is 9.59. The Bertz CT molecular complexity index is 696. The molecule has 0 radical (unpaired) electrons. The highest BCUT2D eigenvalue weighted by atomic mass is 16.1. The van der Waals surface area contributed by atoms with E-state index in [2.05, 4.69) is 60.8 Å². The number of fused-ring (bicyclic) bond motifs is 2. The smallest absolute Gasteiger partial charge is 0.145 e. The molecule has 0 amide bonds. The molecule has 2 fully saturated rings. The second-order valence-corrected chi connectivity index (χ2v) is 7.18. The zero-order valence-electron chi connectivity index (χ0n) is 13.5. The molecule has 1 N–H and O–H groups in total. The number of benzene rings is 2. The van der Waals surface area contributed by atoms with E-state index in [4.69, 9.17) is 0 Å². The van der Waals surface area contributed by atoms with Crippen molar-refractivity contribution < 1.29 is 4.79 Å². The van der Waals surface area contributed by atoms with Crippen LogP contribution in [0.15, 0.2) is 60.7 Å². The Kier molecular flexibility index (Phi) is 3.57. The van der Waals surface area contributed by atoms with Crippen LogP contribution >= 0.6 is 0 Å². The highest BCUT2D eigenvalue weighted by molar-refractivity contribution is 5.90. The Balaban J connectivity index is 1.78. The first kappa shape index (κ1) is 14.6. The molecule has 1 aliphatic carbocycles. The molecular formula is C21H23NO.